The van der Waals surface area contributed by atoms with E-state index >= 15 is 0 Å². The Hall–Kier alpha value is -2.64. The van der Waals surface area contributed by atoms with Crippen molar-refractivity contribution in [1.82, 2.24) is 0 Å². The quantitative estimate of drug-likeness (QED) is 0.568. The highest BCUT2D eigenvalue weighted by atomic mass is 32.2. The van der Waals surface area contributed by atoms with Gasteiger partial charge in [0.2, 0.25) is 0 Å². The van der Waals surface area contributed by atoms with Gasteiger partial charge in [0.1, 0.15) is 11.5 Å². The normalized spacial score (nSPS) is 11.7. The molecule has 3 rings (SSSR count). The molecular weight excluding hydrogens is 308 g/mol. The number of furan rings is 1. The second kappa shape index (κ2) is 4.97. The molecule has 2 aromatic carbocycles. The maximum absolute atomic E-state index is 11.2. The van der Waals surface area contributed by atoms with Gasteiger partial charge in [0.15, 0.2) is 12.0 Å². The molecule has 0 fully saturated rings. The fourth-order valence-electron chi connectivity index (χ4n) is 2.20. The lowest BCUT2D eigenvalue weighted by Crippen LogP contribution is -1.97. The van der Waals surface area contributed by atoms with Gasteiger partial charge in [-0.25, -0.2) is 0 Å². The first kappa shape index (κ1) is 14.3. The van der Waals surface area contributed by atoms with Gasteiger partial charge >= 0.3 is 0 Å². The predicted molar refractivity (Wildman–Crippen MR) is 78.5 cm³/mol. The number of aldehydes is 1. The molecule has 6 nitrogen and oxygen atoms in total. The summed E-state index contributed by atoms with van der Waals surface area (Å²) in [6, 6.07) is 10.2. The largest absolute Gasteiger partial charge is 0.507 e. The second-order valence-electron chi connectivity index (χ2n) is 4.67. The molecule has 0 saturated heterocycles. The van der Waals surface area contributed by atoms with Crippen LogP contribution in [0, 0.1) is 0 Å². The number of benzene rings is 2. The van der Waals surface area contributed by atoms with Gasteiger partial charge in [0.05, 0.1) is 4.90 Å². The molecule has 3 aromatic rings. The third-order valence-corrected chi connectivity index (χ3v) is 4.06. The number of carbonyl (C=O) groups is 1. The number of phenolic OH excluding ortho intramolecular Hbond substituents is 1. The van der Waals surface area contributed by atoms with Crippen molar-refractivity contribution >= 4 is 27.2 Å². The van der Waals surface area contributed by atoms with Crippen LogP contribution in [-0.4, -0.2) is 24.4 Å². The molecule has 2 N–H and O–H groups in total. The van der Waals surface area contributed by atoms with E-state index in [4.69, 9.17) is 8.97 Å². The van der Waals surface area contributed by atoms with Crippen LogP contribution in [0.5, 0.6) is 5.75 Å². The molecule has 112 valence electrons. The number of hydrogen-bond acceptors (Lipinski definition) is 5. The zero-order valence-corrected chi connectivity index (χ0v) is 11.9. The second-order valence-corrected chi connectivity index (χ2v) is 6.09. The van der Waals surface area contributed by atoms with E-state index < -0.39 is 15.0 Å². The molecule has 1 heterocycles. The van der Waals surface area contributed by atoms with Gasteiger partial charge in [0.25, 0.3) is 10.1 Å². The van der Waals surface area contributed by atoms with E-state index in [9.17, 15) is 18.3 Å². The van der Waals surface area contributed by atoms with Gasteiger partial charge in [-0.05, 0) is 35.7 Å². The summed E-state index contributed by atoms with van der Waals surface area (Å²) in [5.41, 5.74) is 0.604. The summed E-state index contributed by atoms with van der Waals surface area (Å²) in [4.78, 5) is 10.2. The molecule has 0 saturated carbocycles. The molecule has 0 aliphatic carbocycles. The highest BCUT2D eigenvalue weighted by Gasteiger charge is 2.14. The standard InChI is InChI=1S/C15H10O6S/c16-8-11-2-4-15(21-11)9-1-3-13-10(5-9)6-12(7-14(13)17)22(18,19)20/h1-8,17H,(H,18,19,20). The minimum Gasteiger partial charge on any atom is -0.507 e. The van der Waals surface area contributed by atoms with Crippen molar-refractivity contribution < 1.29 is 27.3 Å². The van der Waals surface area contributed by atoms with E-state index in [1.807, 2.05) is 0 Å². The zero-order chi connectivity index (χ0) is 15.9. The van der Waals surface area contributed by atoms with Gasteiger partial charge in [-0.2, -0.15) is 8.42 Å². The van der Waals surface area contributed by atoms with Gasteiger partial charge in [0, 0.05) is 17.0 Å². The Morgan fingerprint density at radius 3 is 2.45 bits per heavy atom. The van der Waals surface area contributed by atoms with Crippen LogP contribution in [0.2, 0.25) is 0 Å². The molecule has 0 aliphatic heterocycles. The van der Waals surface area contributed by atoms with E-state index in [-0.39, 0.29) is 11.5 Å². The minimum absolute atomic E-state index is 0.171. The maximum atomic E-state index is 11.2. The average Bonchev–Trinajstić information content (AvgIpc) is 2.94. The molecule has 1 aromatic heterocycles. The molecule has 0 unspecified atom stereocenters. The van der Waals surface area contributed by atoms with E-state index in [0.717, 1.165) is 6.07 Å². The molecule has 0 atom stereocenters. The van der Waals surface area contributed by atoms with E-state index in [1.54, 1.807) is 24.3 Å². The molecule has 0 spiro atoms. The zero-order valence-electron chi connectivity index (χ0n) is 11.1. The summed E-state index contributed by atoms with van der Waals surface area (Å²) in [5.74, 6) is 0.343. The Balaban J connectivity index is 2.21. The minimum atomic E-state index is -4.42. The van der Waals surface area contributed by atoms with Crippen LogP contribution >= 0.6 is 0 Å². The van der Waals surface area contributed by atoms with Crippen molar-refractivity contribution in [2.75, 3.05) is 0 Å². The summed E-state index contributed by atoms with van der Waals surface area (Å²) < 4.78 is 36.8. The monoisotopic (exact) mass is 318 g/mol. The molecule has 0 amide bonds. The smallest absolute Gasteiger partial charge is 0.294 e. The van der Waals surface area contributed by atoms with Crippen LogP contribution in [-0.2, 0) is 10.1 Å². The number of aromatic hydroxyl groups is 1. The van der Waals surface area contributed by atoms with Crippen LogP contribution in [0.3, 0.4) is 0 Å². The van der Waals surface area contributed by atoms with Crippen molar-refractivity contribution in [3.05, 3.63) is 48.2 Å². The van der Waals surface area contributed by atoms with Gasteiger partial charge in [-0.15, -0.1) is 0 Å². The van der Waals surface area contributed by atoms with Crippen LogP contribution < -0.4 is 0 Å². The third-order valence-electron chi connectivity index (χ3n) is 3.23. The first-order chi connectivity index (χ1) is 10.4. The first-order valence-electron chi connectivity index (χ1n) is 6.18. The van der Waals surface area contributed by atoms with Crippen molar-refractivity contribution in [3.8, 4) is 17.1 Å². The van der Waals surface area contributed by atoms with Crippen LogP contribution in [0.15, 0.2) is 51.8 Å². The van der Waals surface area contributed by atoms with Crippen molar-refractivity contribution in [2.24, 2.45) is 0 Å². The summed E-state index contributed by atoms with van der Waals surface area (Å²) >= 11 is 0. The van der Waals surface area contributed by atoms with Crippen molar-refractivity contribution in [3.63, 3.8) is 0 Å². The fourth-order valence-corrected chi connectivity index (χ4v) is 2.73. The van der Waals surface area contributed by atoms with Gasteiger partial charge in [-0.3, -0.25) is 9.35 Å². The number of rotatable bonds is 3. The number of phenols is 1. The first-order valence-corrected chi connectivity index (χ1v) is 7.62. The summed E-state index contributed by atoms with van der Waals surface area (Å²) in [6.07, 6.45) is 0.576. The highest BCUT2D eigenvalue weighted by molar-refractivity contribution is 7.85. The molecule has 0 bridgehead atoms. The summed E-state index contributed by atoms with van der Waals surface area (Å²) in [6.45, 7) is 0. The SMILES string of the molecule is O=Cc1ccc(-c2ccc3c(O)cc(S(=O)(=O)O)cc3c2)o1. The summed E-state index contributed by atoms with van der Waals surface area (Å²) in [5, 5.41) is 10.7. The maximum Gasteiger partial charge on any atom is 0.294 e. The van der Waals surface area contributed by atoms with Crippen LogP contribution in [0.25, 0.3) is 22.1 Å². The predicted octanol–water partition coefficient (Wildman–Crippen LogP) is 2.86. The highest BCUT2D eigenvalue weighted by Crippen LogP contribution is 2.32. The number of fused-ring (bicyclic) bond motifs is 1. The topological polar surface area (TPSA) is 105 Å². The van der Waals surface area contributed by atoms with Gasteiger partial charge < -0.3 is 9.52 Å². The number of carbonyl (C=O) groups excluding carboxylic acids is 1. The van der Waals surface area contributed by atoms with Crippen molar-refractivity contribution in [2.45, 2.75) is 4.90 Å². The molecule has 0 radical (unpaired) electrons. The molecule has 0 aliphatic rings. The fraction of sp³-hybridized carbons (Fsp3) is 0. The number of hydrogen-bond donors (Lipinski definition) is 2. The molecule has 22 heavy (non-hydrogen) atoms. The van der Waals surface area contributed by atoms with Gasteiger partial charge in [-0.1, -0.05) is 6.07 Å². The van der Waals surface area contributed by atoms with Crippen molar-refractivity contribution in [1.29, 1.82) is 0 Å². The summed E-state index contributed by atoms with van der Waals surface area (Å²) in [7, 11) is -4.42. The Bertz CT molecular complexity index is 984. The Kier molecular flexibility index (Phi) is 3.23. The Labute approximate surface area is 125 Å². The van der Waals surface area contributed by atoms with E-state index in [0.29, 0.717) is 28.4 Å². The lowest BCUT2D eigenvalue weighted by molar-refractivity contribution is 0.110. The molecular formula is C15H10O6S. The lowest BCUT2D eigenvalue weighted by atomic mass is 10.0. The lowest BCUT2D eigenvalue weighted by Gasteiger charge is -2.06. The average molecular weight is 318 g/mol. The van der Waals surface area contributed by atoms with E-state index in [1.165, 1.54) is 12.1 Å². The van der Waals surface area contributed by atoms with Crippen LogP contribution in [0.4, 0.5) is 0 Å². The Morgan fingerprint density at radius 1 is 1.05 bits per heavy atom. The van der Waals surface area contributed by atoms with Crippen LogP contribution in [0.1, 0.15) is 10.6 Å². The Morgan fingerprint density at radius 2 is 1.82 bits per heavy atom. The third kappa shape index (κ3) is 2.47. The van der Waals surface area contributed by atoms with E-state index in [2.05, 4.69) is 0 Å². The molecule has 7 heteroatoms.